The highest BCUT2D eigenvalue weighted by Crippen LogP contribution is 2.26. The van der Waals surface area contributed by atoms with Gasteiger partial charge in [-0.2, -0.15) is 0 Å². The first-order valence-electron chi connectivity index (χ1n) is 9.24. The van der Waals surface area contributed by atoms with Crippen LogP contribution in [0.2, 0.25) is 0 Å². The molecule has 0 aliphatic carbocycles. The third kappa shape index (κ3) is 2.84. The summed E-state index contributed by atoms with van der Waals surface area (Å²) < 4.78 is 1.85. The number of benzene rings is 1. The Labute approximate surface area is 148 Å². The van der Waals surface area contributed by atoms with Crippen LogP contribution in [-0.4, -0.2) is 56.9 Å². The van der Waals surface area contributed by atoms with Gasteiger partial charge in [-0.25, -0.2) is 4.68 Å². The number of hydrogen-bond donors (Lipinski definition) is 0. The monoisotopic (exact) mass is 339 g/mol. The van der Waals surface area contributed by atoms with Crippen LogP contribution in [0.3, 0.4) is 0 Å². The molecule has 0 bridgehead atoms. The third-order valence-electron chi connectivity index (χ3n) is 5.49. The van der Waals surface area contributed by atoms with Crippen molar-refractivity contribution in [2.75, 3.05) is 26.2 Å². The highest BCUT2D eigenvalue weighted by Gasteiger charge is 2.26. The molecule has 1 aromatic heterocycles. The van der Waals surface area contributed by atoms with E-state index in [4.69, 9.17) is 0 Å². The molecule has 6 heteroatoms. The van der Waals surface area contributed by atoms with Crippen molar-refractivity contribution in [2.24, 2.45) is 0 Å². The van der Waals surface area contributed by atoms with E-state index < -0.39 is 0 Å². The number of aromatic nitrogens is 3. The van der Waals surface area contributed by atoms with E-state index in [1.165, 1.54) is 11.1 Å². The molecule has 0 unspecified atom stereocenters. The van der Waals surface area contributed by atoms with E-state index in [1.807, 2.05) is 16.5 Å². The summed E-state index contributed by atoms with van der Waals surface area (Å²) in [6, 6.07) is 6.37. The molecule has 1 saturated heterocycles. The number of likely N-dealkylation sites (N-methyl/N-ethyl adjacent to an activating group) is 1. The maximum absolute atomic E-state index is 12.7. The van der Waals surface area contributed by atoms with Gasteiger partial charge in [-0.3, -0.25) is 9.69 Å². The van der Waals surface area contributed by atoms with E-state index in [1.54, 1.807) is 0 Å². The second kappa shape index (κ2) is 6.59. The van der Waals surface area contributed by atoms with Crippen LogP contribution in [-0.2, 0) is 13.0 Å². The van der Waals surface area contributed by atoms with Gasteiger partial charge in [-0.15, -0.1) is 5.10 Å². The SMILES string of the molecule is CCN1CCc2c(cccc2-n2nnc(C(=O)N3CCCC3)c2C)C1. The molecular weight excluding hydrogens is 314 g/mol. The van der Waals surface area contributed by atoms with Gasteiger partial charge in [0.15, 0.2) is 5.69 Å². The Balaban J connectivity index is 1.68. The first-order valence-corrected chi connectivity index (χ1v) is 9.24. The average molecular weight is 339 g/mol. The van der Waals surface area contributed by atoms with Crippen molar-refractivity contribution in [3.05, 3.63) is 40.7 Å². The lowest BCUT2D eigenvalue weighted by atomic mass is 9.97. The zero-order valence-electron chi connectivity index (χ0n) is 15.0. The molecule has 2 aromatic rings. The summed E-state index contributed by atoms with van der Waals surface area (Å²) in [6.45, 7) is 8.93. The molecular formula is C19H25N5O. The zero-order chi connectivity index (χ0) is 17.4. The van der Waals surface area contributed by atoms with Crippen LogP contribution in [0.25, 0.3) is 5.69 Å². The summed E-state index contributed by atoms with van der Waals surface area (Å²) in [5.74, 6) is 0.0169. The molecule has 2 aliphatic heterocycles. The molecule has 1 fully saturated rings. The zero-order valence-corrected chi connectivity index (χ0v) is 15.0. The standard InChI is InChI=1S/C19H25N5O/c1-3-22-12-9-16-15(13-22)7-6-8-17(16)24-14(2)18(20-21-24)19(25)23-10-4-5-11-23/h6-8H,3-5,9-13H2,1-2H3. The van der Waals surface area contributed by atoms with E-state index in [0.717, 1.165) is 63.4 Å². The number of amides is 1. The second-order valence-electron chi connectivity index (χ2n) is 6.97. The molecule has 132 valence electrons. The number of fused-ring (bicyclic) bond motifs is 1. The minimum Gasteiger partial charge on any atom is -0.337 e. The summed E-state index contributed by atoms with van der Waals surface area (Å²) in [5, 5.41) is 8.56. The molecule has 0 spiro atoms. The average Bonchev–Trinajstić information content (AvgIpc) is 3.30. The van der Waals surface area contributed by atoms with Crippen molar-refractivity contribution in [2.45, 2.75) is 39.7 Å². The van der Waals surface area contributed by atoms with Gasteiger partial charge < -0.3 is 4.90 Å². The molecule has 2 aliphatic rings. The Morgan fingerprint density at radius 2 is 2.00 bits per heavy atom. The Hall–Kier alpha value is -2.21. The largest absolute Gasteiger partial charge is 0.337 e. The van der Waals surface area contributed by atoms with E-state index in [-0.39, 0.29) is 5.91 Å². The van der Waals surface area contributed by atoms with Crippen LogP contribution in [0.5, 0.6) is 0 Å². The lowest BCUT2D eigenvalue weighted by Gasteiger charge is -2.29. The molecule has 0 saturated carbocycles. The van der Waals surface area contributed by atoms with Crippen molar-refractivity contribution in [3.8, 4) is 5.69 Å². The minimum atomic E-state index is 0.0169. The quantitative estimate of drug-likeness (QED) is 0.860. The fraction of sp³-hybridized carbons (Fsp3) is 0.526. The van der Waals surface area contributed by atoms with Crippen molar-refractivity contribution >= 4 is 5.91 Å². The van der Waals surface area contributed by atoms with Gasteiger partial charge in [0, 0.05) is 26.2 Å². The minimum absolute atomic E-state index is 0.0169. The van der Waals surface area contributed by atoms with Crippen molar-refractivity contribution in [1.29, 1.82) is 0 Å². The van der Waals surface area contributed by atoms with Crippen LogP contribution < -0.4 is 0 Å². The molecule has 6 nitrogen and oxygen atoms in total. The van der Waals surface area contributed by atoms with Crippen LogP contribution in [0.15, 0.2) is 18.2 Å². The van der Waals surface area contributed by atoms with Gasteiger partial charge in [-0.05, 0) is 49.9 Å². The van der Waals surface area contributed by atoms with Gasteiger partial charge in [0.1, 0.15) is 0 Å². The summed E-state index contributed by atoms with van der Waals surface area (Å²) in [4.78, 5) is 17.0. The van der Waals surface area contributed by atoms with Gasteiger partial charge in [0.25, 0.3) is 5.91 Å². The Kier molecular flexibility index (Phi) is 4.29. The molecule has 3 heterocycles. The predicted octanol–water partition coefficient (Wildman–Crippen LogP) is 2.19. The maximum atomic E-state index is 12.7. The molecule has 0 atom stereocenters. The van der Waals surface area contributed by atoms with Crippen LogP contribution >= 0.6 is 0 Å². The Morgan fingerprint density at radius 3 is 2.76 bits per heavy atom. The van der Waals surface area contributed by atoms with E-state index in [0.29, 0.717) is 5.69 Å². The lowest BCUT2D eigenvalue weighted by Crippen LogP contribution is -2.31. The number of carbonyl (C=O) groups is 1. The van der Waals surface area contributed by atoms with Gasteiger partial charge in [0.2, 0.25) is 0 Å². The number of nitrogens with zero attached hydrogens (tertiary/aromatic N) is 5. The van der Waals surface area contributed by atoms with E-state index in [2.05, 4.69) is 40.3 Å². The Bertz CT molecular complexity index is 791. The van der Waals surface area contributed by atoms with Crippen LogP contribution in [0.1, 0.15) is 47.1 Å². The molecule has 4 rings (SSSR count). The van der Waals surface area contributed by atoms with E-state index in [9.17, 15) is 4.79 Å². The highest BCUT2D eigenvalue weighted by molar-refractivity contribution is 5.93. The summed E-state index contributed by atoms with van der Waals surface area (Å²) in [6.07, 6.45) is 3.17. The van der Waals surface area contributed by atoms with Crippen LogP contribution in [0.4, 0.5) is 0 Å². The van der Waals surface area contributed by atoms with Crippen molar-refractivity contribution in [3.63, 3.8) is 0 Å². The lowest BCUT2D eigenvalue weighted by molar-refractivity contribution is 0.0786. The number of rotatable bonds is 3. The smallest absolute Gasteiger partial charge is 0.276 e. The second-order valence-corrected chi connectivity index (χ2v) is 6.97. The third-order valence-corrected chi connectivity index (χ3v) is 5.49. The van der Waals surface area contributed by atoms with Gasteiger partial charge in [-0.1, -0.05) is 24.3 Å². The Morgan fingerprint density at radius 1 is 1.20 bits per heavy atom. The molecule has 0 N–H and O–H groups in total. The summed E-state index contributed by atoms with van der Waals surface area (Å²) in [7, 11) is 0. The summed E-state index contributed by atoms with van der Waals surface area (Å²) >= 11 is 0. The summed E-state index contributed by atoms with van der Waals surface area (Å²) in [5.41, 5.74) is 5.08. The van der Waals surface area contributed by atoms with Crippen LogP contribution in [0, 0.1) is 6.92 Å². The molecule has 1 aromatic carbocycles. The number of carbonyl (C=O) groups excluding carboxylic acids is 1. The van der Waals surface area contributed by atoms with Gasteiger partial charge >= 0.3 is 0 Å². The number of likely N-dealkylation sites (tertiary alicyclic amines) is 1. The molecule has 1 amide bonds. The topological polar surface area (TPSA) is 54.3 Å². The predicted molar refractivity (Wildman–Crippen MR) is 95.9 cm³/mol. The van der Waals surface area contributed by atoms with Crippen molar-refractivity contribution < 1.29 is 4.79 Å². The maximum Gasteiger partial charge on any atom is 0.276 e. The first-order chi connectivity index (χ1) is 12.2. The van der Waals surface area contributed by atoms with Gasteiger partial charge in [0.05, 0.1) is 11.4 Å². The first kappa shape index (κ1) is 16.3. The fourth-order valence-electron chi connectivity index (χ4n) is 3.94. The highest BCUT2D eigenvalue weighted by atomic mass is 16.2. The molecule has 25 heavy (non-hydrogen) atoms. The molecule has 0 radical (unpaired) electrons. The number of hydrogen-bond acceptors (Lipinski definition) is 4. The fourth-order valence-corrected chi connectivity index (χ4v) is 3.94. The normalized spacial score (nSPS) is 17.8. The van der Waals surface area contributed by atoms with Crippen molar-refractivity contribution in [1.82, 2.24) is 24.8 Å². The van der Waals surface area contributed by atoms with E-state index >= 15 is 0 Å².